The first-order valence-electron chi connectivity index (χ1n) is 8.34. The van der Waals surface area contributed by atoms with E-state index < -0.39 is 0 Å². The zero-order valence-electron chi connectivity index (χ0n) is 15.3. The number of thioether (sulfide) groups is 1. The van der Waals surface area contributed by atoms with Crippen molar-refractivity contribution in [1.82, 2.24) is 14.7 Å². The maximum Gasteiger partial charge on any atom is 0.237 e. The largest absolute Gasteiger partial charge is 0.338 e. The van der Waals surface area contributed by atoms with Crippen LogP contribution in [0, 0.1) is 6.92 Å². The molecule has 2 heterocycles. The molecule has 0 unspecified atom stereocenters. The van der Waals surface area contributed by atoms with E-state index in [4.69, 9.17) is 4.52 Å². The van der Waals surface area contributed by atoms with Crippen molar-refractivity contribution in [3.63, 3.8) is 0 Å². The van der Waals surface area contributed by atoms with E-state index in [-0.39, 0.29) is 17.1 Å². The summed E-state index contributed by atoms with van der Waals surface area (Å²) in [6.45, 7) is 8.17. The van der Waals surface area contributed by atoms with Crippen LogP contribution in [-0.2, 0) is 10.2 Å². The van der Waals surface area contributed by atoms with Gasteiger partial charge in [0.25, 0.3) is 0 Å². The van der Waals surface area contributed by atoms with Crippen molar-refractivity contribution in [2.75, 3.05) is 11.1 Å². The van der Waals surface area contributed by atoms with Crippen molar-refractivity contribution in [3.8, 4) is 5.69 Å². The summed E-state index contributed by atoms with van der Waals surface area (Å²) in [4.78, 5) is 16.6. The molecule has 3 aromatic rings. The summed E-state index contributed by atoms with van der Waals surface area (Å²) in [7, 11) is 0. The molecule has 0 aliphatic rings. The third-order valence-electron chi connectivity index (χ3n) is 3.86. The molecule has 0 atom stereocenters. The standard InChI is InChI=1S/C19H22N4O2S/c1-13-7-5-6-8-14(13)23-10-9-20-18(23)26-12-16(24)21-17-11-15(22-25-17)19(2,3)4/h5-11H,12H2,1-4H3,(H,21,24). The summed E-state index contributed by atoms with van der Waals surface area (Å²) in [5.41, 5.74) is 2.88. The highest BCUT2D eigenvalue weighted by molar-refractivity contribution is 7.99. The van der Waals surface area contributed by atoms with Crippen molar-refractivity contribution in [2.24, 2.45) is 0 Å². The van der Waals surface area contributed by atoms with Crippen molar-refractivity contribution < 1.29 is 9.32 Å². The van der Waals surface area contributed by atoms with Gasteiger partial charge in [0.05, 0.1) is 17.1 Å². The Morgan fingerprint density at radius 2 is 2.08 bits per heavy atom. The average molecular weight is 370 g/mol. The maximum atomic E-state index is 12.2. The van der Waals surface area contributed by atoms with Crippen molar-refractivity contribution in [1.29, 1.82) is 0 Å². The molecule has 136 valence electrons. The lowest BCUT2D eigenvalue weighted by Crippen LogP contribution is -2.14. The van der Waals surface area contributed by atoms with E-state index in [0.717, 1.165) is 22.1 Å². The molecular formula is C19H22N4O2S. The van der Waals surface area contributed by atoms with Crippen LogP contribution in [0.5, 0.6) is 0 Å². The fraction of sp³-hybridized carbons (Fsp3) is 0.316. The summed E-state index contributed by atoms with van der Waals surface area (Å²) < 4.78 is 7.18. The van der Waals surface area contributed by atoms with Crippen LogP contribution >= 0.6 is 11.8 Å². The predicted octanol–water partition coefficient (Wildman–Crippen LogP) is 4.20. The molecule has 0 fully saturated rings. The number of nitrogens with zero attached hydrogens (tertiary/aromatic N) is 3. The number of aryl methyl sites for hydroxylation is 1. The third-order valence-corrected chi connectivity index (χ3v) is 4.82. The number of amides is 1. The van der Waals surface area contributed by atoms with Crippen molar-refractivity contribution in [2.45, 2.75) is 38.3 Å². The number of carbonyl (C=O) groups is 1. The van der Waals surface area contributed by atoms with Gasteiger partial charge in [-0.25, -0.2) is 4.98 Å². The van der Waals surface area contributed by atoms with Crippen LogP contribution in [0.3, 0.4) is 0 Å². The first kappa shape index (κ1) is 18.3. The smallest absolute Gasteiger partial charge is 0.237 e. The third kappa shape index (κ3) is 4.16. The second-order valence-corrected chi connectivity index (χ2v) is 7.97. The van der Waals surface area contributed by atoms with Crippen molar-refractivity contribution in [3.05, 3.63) is 54.0 Å². The van der Waals surface area contributed by atoms with Gasteiger partial charge in [-0.05, 0) is 18.6 Å². The van der Waals surface area contributed by atoms with Crippen LogP contribution < -0.4 is 5.32 Å². The van der Waals surface area contributed by atoms with Gasteiger partial charge in [0.15, 0.2) is 5.16 Å². The number of hydrogen-bond donors (Lipinski definition) is 1. The van der Waals surface area contributed by atoms with Crippen LogP contribution in [0.2, 0.25) is 0 Å². The van der Waals surface area contributed by atoms with Crippen LogP contribution in [0.15, 0.2) is 52.4 Å². The van der Waals surface area contributed by atoms with Gasteiger partial charge in [-0.15, -0.1) is 0 Å². The number of aromatic nitrogens is 3. The minimum Gasteiger partial charge on any atom is -0.338 e. The number of nitrogens with one attached hydrogen (secondary N) is 1. The van der Waals surface area contributed by atoms with Crippen molar-refractivity contribution >= 4 is 23.6 Å². The van der Waals surface area contributed by atoms with E-state index in [1.807, 2.05) is 62.7 Å². The van der Waals surface area contributed by atoms with E-state index in [2.05, 4.69) is 15.5 Å². The quantitative estimate of drug-likeness (QED) is 0.682. The van der Waals surface area contributed by atoms with Gasteiger partial charge in [0.2, 0.25) is 11.8 Å². The topological polar surface area (TPSA) is 73.0 Å². The highest BCUT2D eigenvalue weighted by Gasteiger charge is 2.20. The SMILES string of the molecule is Cc1ccccc1-n1ccnc1SCC(=O)Nc1cc(C(C)(C)C)no1. The number of carbonyl (C=O) groups excluding carboxylic acids is 1. The predicted molar refractivity (Wildman–Crippen MR) is 103 cm³/mol. The molecule has 0 aliphatic carbocycles. The first-order valence-corrected chi connectivity index (χ1v) is 9.32. The average Bonchev–Trinajstić information content (AvgIpc) is 3.22. The minimum atomic E-state index is -0.161. The van der Waals surface area contributed by atoms with Gasteiger partial charge in [-0.1, -0.05) is 55.9 Å². The summed E-state index contributed by atoms with van der Waals surface area (Å²) >= 11 is 1.37. The van der Waals surface area contributed by atoms with E-state index >= 15 is 0 Å². The molecule has 0 saturated heterocycles. The molecule has 26 heavy (non-hydrogen) atoms. The Hall–Kier alpha value is -2.54. The molecule has 7 heteroatoms. The summed E-state index contributed by atoms with van der Waals surface area (Å²) in [6, 6.07) is 9.83. The second-order valence-electron chi connectivity index (χ2n) is 7.03. The minimum absolute atomic E-state index is 0.125. The van der Waals surface area contributed by atoms with E-state index in [1.54, 1.807) is 12.3 Å². The molecule has 0 spiro atoms. The zero-order chi connectivity index (χ0) is 18.7. The van der Waals surface area contributed by atoms with E-state index in [1.165, 1.54) is 11.8 Å². The molecule has 0 bridgehead atoms. The number of rotatable bonds is 5. The Bertz CT molecular complexity index is 908. The molecule has 1 amide bonds. The molecule has 2 aromatic heterocycles. The molecule has 0 aliphatic heterocycles. The van der Waals surface area contributed by atoms with Crippen LogP contribution in [0.25, 0.3) is 5.69 Å². The monoisotopic (exact) mass is 370 g/mol. The zero-order valence-corrected chi connectivity index (χ0v) is 16.1. The molecule has 0 saturated carbocycles. The summed E-state index contributed by atoms with van der Waals surface area (Å²) in [5, 5.41) is 7.51. The molecule has 6 nitrogen and oxygen atoms in total. The lowest BCUT2D eigenvalue weighted by Gasteiger charge is -2.12. The Balaban J connectivity index is 1.63. The van der Waals surface area contributed by atoms with Gasteiger partial charge in [-0.3, -0.25) is 14.7 Å². The maximum absolute atomic E-state index is 12.2. The molecule has 0 radical (unpaired) electrons. The molecular weight excluding hydrogens is 348 g/mol. The number of imidazole rings is 1. The number of para-hydroxylation sites is 1. The Labute approximate surface area is 157 Å². The van der Waals surface area contributed by atoms with Gasteiger partial charge in [0.1, 0.15) is 0 Å². The Morgan fingerprint density at radius 1 is 1.31 bits per heavy atom. The van der Waals surface area contributed by atoms with E-state index in [9.17, 15) is 4.79 Å². The highest BCUT2D eigenvalue weighted by atomic mass is 32.2. The normalized spacial score (nSPS) is 11.5. The van der Waals surface area contributed by atoms with Crippen LogP contribution in [0.1, 0.15) is 32.0 Å². The van der Waals surface area contributed by atoms with Gasteiger partial charge < -0.3 is 4.52 Å². The number of benzene rings is 1. The summed E-state index contributed by atoms with van der Waals surface area (Å²) in [6.07, 6.45) is 3.63. The van der Waals surface area contributed by atoms with Gasteiger partial charge in [0, 0.05) is 23.9 Å². The lowest BCUT2D eigenvalue weighted by atomic mass is 9.92. The number of hydrogen-bond acceptors (Lipinski definition) is 5. The second kappa shape index (κ2) is 7.37. The van der Waals surface area contributed by atoms with Crippen LogP contribution in [-0.4, -0.2) is 26.4 Å². The molecule has 1 N–H and O–H groups in total. The summed E-state index contributed by atoms with van der Waals surface area (Å²) in [5.74, 6) is 0.433. The molecule has 1 aromatic carbocycles. The fourth-order valence-electron chi connectivity index (χ4n) is 2.40. The highest BCUT2D eigenvalue weighted by Crippen LogP contribution is 2.25. The molecule has 3 rings (SSSR count). The van der Waals surface area contributed by atoms with Crippen LogP contribution in [0.4, 0.5) is 5.88 Å². The fourth-order valence-corrected chi connectivity index (χ4v) is 3.17. The van der Waals surface area contributed by atoms with E-state index in [0.29, 0.717) is 5.88 Å². The number of anilines is 1. The Morgan fingerprint density at radius 3 is 2.77 bits per heavy atom. The Kier molecular flexibility index (Phi) is 5.18. The van der Waals surface area contributed by atoms with Gasteiger partial charge in [-0.2, -0.15) is 0 Å². The lowest BCUT2D eigenvalue weighted by molar-refractivity contribution is -0.113. The first-order chi connectivity index (χ1) is 12.3. The van der Waals surface area contributed by atoms with Gasteiger partial charge >= 0.3 is 0 Å².